The first-order valence-electron chi connectivity index (χ1n) is 4.75. The first-order valence-corrected chi connectivity index (χ1v) is 4.75. The van der Waals surface area contributed by atoms with E-state index < -0.39 is 0 Å². The highest BCUT2D eigenvalue weighted by Crippen LogP contribution is 2.40. The zero-order chi connectivity index (χ0) is 8.72. The van der Waals surface area contributed by atoms with Crippen LogP contribution in [0.15, 0.2) is 0 Å². The Labute approximate surface area is 73.4 Å². The number of nitrogens with zero attached hydrogens (tertiary/aromatic N) is 1. The van der Waals surface area contributed by atoms with Gasteiger partial charge in [-0.1, -0.05) is 13.8 Å². The molecule has 0 atom stereocenters. The van der Waals surface area contributed by atoms with Crippen LogP contribution in [0.5, 0.6) is 0 Å². The summed E-state index contributed by atoms with van der Waals surface area (Å²) in [6.45, 7) is 6.48. The Hall–Kier alpha value is -0.790. The average Bonchev–Trinajstić information content (AvgIpc) is 2.75. The van der Waals surface area contributed by atoms with E-state index in [1.165, 1.54) is 24.2 Å². The zero-order valence-electron chi connectivity index (χ0n) is 8.02. The molecule has 0 aromatic carbocycles. The van der Waals surface area contributed by atoms with Crippen LogP contribution in [-0.2, 0) is 0 Å². The fourth-order valence-electron chi connectivity index (χ4n) is 1.53. The van der Waals surface area contributed by atoms with Gasteiger partial charge in [0, 0.05) is 17.5 Å². The second kappa shape index (κ2) is 2.61. The number of nitrogens with one attached hydrogen (secondary N) is 1. The van der Waals surface area contributed by atoms with Gasteiger partial charge in [-0.3, -0.25) is 0 Å². The van der Waals surface area contributed by atoms with Gasteiger partial charge in [0.25, 0.3) is 0 Å². The highest BCUT2D eigenvalue weighted by atomic mass is 14.9. The number of rotatable bonds is 2. The molecule has 1 fully saturated rings. The molecule has 1 aromatic heterocycles. The Morgan fingerprint density at radius 3 is 2.50 bits per heavy atom. The summed E-state index contributed by atoms with van der Waals surface area (Å²) in [6.07, 6.45) is 2.67. The predicted octanol–water partition coefficient (Wildman–Crippen LogP) is 2.72. The quantitative estimate of drug-likeness (QED) is 0.715. The molecule has 0 bridgehead atoms. The van der Waals surface area contributed by atoms with Gasteiger partial charge in [-0.25, -0.2) is 4.98 Å². The van der Waals surface area contributed by atoms with Crippen molar-refractivity contribution in [2.45, 2.75) is 45.4 Å². The van der Waals surface area contributed by atoms with Gasteiger partial charge >= 0.3 is 0 Å². The molecule has 1 aliphatic carbocycles. The van der Waals surface area contributed by atoms with Crippen LogP contribution in [0.4, 0.5) is 0 Å². The molecule has 1 aromatic rings. The third kappa shape index (κ3) is 1.26. The first kappa shape index (κ1) is 7.84. The first-order chi connectivity index (χ1) is 5.68. The van der Waals surface area contributed by atoms with Gasteiger partial charge < -0.3 is 4.98 Å². The van der Waals surface area contributed by atoms with E-state index in [1.807, 2.05) is 0 Å². The number of aryl methyl sites for hydroxylation is 1. The molecule has 2 nitrogen and oxygen atoms in total. The van der Waals surface area contributed by atoms with E-state index in [4.69, 9.17) is 0 Å². The Kier molecular flexibility index (Phi) is 1.71. The Bertz CT molecular complexity index is 282. The monoisotopic (exact) mass is 164 g/mol. The zero-order valence-corrected chi connectivity index (χ0v) is 8.02. The molecular weight excluding hydrogens is 148 g/mol. The topological polar surface area (TPSA) is 28.7 Å². The smallest absolute Gasteiger partial charge is 0.109 e. The third-order valence-corrected chi connectivity index (χ3v) is 2.45. The maximum absolute atomic E-state index is 4.62. The average molecular weight is 164 g/mol. The number of hydrogen-bond donors (Lipinski definition) is 1. The minimum atomic E-state index is 0.524. The number of aromatic nitrogens is 2. The van der Waals surface area contributed by atoms with Crippen molar-refractivity contribution in [3.05, 3.63) is 17.2 Å². The summed E-state index contributed by atoms with van der Waals surface area (Å²) in [5.74, 6) is 2.44. The Morgan fingerprint density at radius 1 is 1.42 bits per heavy atom. The molecule has 0 radical (unpaired) electrons. The van der Waals surface area contributed by atoms with Gasteiger partial charge in [-0.15, -0.1) is 0 Å². The van der Waals surface area contributed by atoms with Gasteiger partial charge in [0.15, 0.2) is 0 Å². The van der Waals surface area contributed by atoms with Crippen LogP contribution in [0, 0.1) is 6.92 Å². The van der Waals surface area contributed by atoms with Gasteiger partial charge in [0.2, 0.25) is 0 Å². The van der Waals surface area contributed by atoms with Crippen LogP contribution in [0.3, 0.4) is 0 Å². The number of H-pyrrole nitrogens is 1. The Balaban J connectivity index is 2.30. The van der Waals surface area contributed by atoms with E-state index in [-0.39, 0.29) is 0 Å². The maximum Gasteiger partial charge on any atom is 0.109 e. The van der Waals surface area contributed by atoms with E-state index in [1.54, 1.807) is 0 Å². The molecule has 12 heavy (non-hydrogen) atoms. The molecule has 2 heteroatoms. The lowest BCUT2D eigenvalue weighted by Crippen LogP contribution is -1.89. The minimum Gasteiger partial charge on any atom is -0.346 e. The molecule has 0 spiro atoms. The van der Waals surface area contributed by atoms with Crippen LogP contribution in [-0.4, -0.2) is 9.97 Å². The van der Waals surface area contributed by atoms with Crippen molar-refractivity contribution in [2.24, 2.45) is 0 Å². The molecular formula is C10H16N2. The van der Waals surface area contributed by atoms with E-state index in [0.29, 0.717) is 5.92 Å². The lowest BCUT2D eigenvalue weighted by molar-refractivity contribution is 0.787. The minimum absolute atomic E-state index is 0.524. The SMILES string of the molecule is Cc1[nH]c(C(C)C)nc1C1CC1. The van der Waals surface area contributed by atoms with Crippen LogP contribution < -0.4 is 0 Å². The third-order valence-electron chi connectivity index (χ3n) is 2.45. The molecule has 0 saturated heterocycles. The van der Waals surface area contributed by atoms with E-state index in [2.05, 4.69) is 30.7 Å². The van der Waals surface area contributed by atoms with Crippen LogP contribution in [0.25, 0.3) is 0 Å². The molecule has 2 rings (SSSR count). The number of imidazole rings is 1. The molecule has 0 amide bonds. The van der Waals surface area contributed by atoms with Gasteiger partial charge in [0.05, 0.1) is 5.69 Å². The predicted molar refractivity (Wildman–Crippen MR) is 49.4 cm³/mol. The van der Waals surface area contributed by atoms with Crippen LogP contribution in [0.1, 0.15) is 55.7 Å². The van der Waals surface area contributed by atoms with Crippen molar-refractivity contribution in [1.29, 1.82) is 0 Å². The summed E-state index contributed by atoms with van der Waals surface area (Å²) in [5.41, 5.74) is 2.60. The van der Waals surface area contributed by atoms with Crippen LogP contribution >= 0.6 is 0 Å². The molecule has 0 unspecified atom stereocenters. The molecule has 1 saturated carbocycles. The molecule has 1 N–H and O–H groups in total. The summed E-state index contributed by atoms with van der Waals surface area (Å²) in [4.78, 5) is 7.97. The summed E-state index contributed by atoms with van der Waals surface area (Å²) in [6, 6.07) is 0. The van der Waals surface area contributed by atoms with E-state index >= 15 is 0 Å². The van der Waals surface area contributed by atoms with Crippen molar-refractivity contribution in [3.63, 3.8) is 0 Å². The fraction of sp³-hybridized carbons (Fsp3) is 0.700. The molecule has 1 heterocycles. The maximum atomic E-state index is 4.62. The van der Waals surface area contributed by atoms with E-state index in [0.717, 1.165) is 11.7 Å². The second-order valence-electron chi connectivity index (χ2n) is 4.06. The van der Waals surface area contributed by atoms with Crippen molar-refractivity contribution < 1.29 is 0 Å². The standard InChI is InChI=1S/C10H16N2/c1-6(2)10-11-7(3)9(12-10)8-4-5-8/h6,8H,4-5H2,1-3H3,(H,11,12). The van der Waals surface area contributed by atoms with Gasteiger partial charge in [-0.05, 0) is 19.8 Å². The number of aromatic amines is 1. The van der Waals surface area contributed by atoms with Gasteiger partial charge in [-0.2, -0.15) is 0 Å². The van der Waals surface area contributed by atoms with Crippen molar-refractivity contribution in [2.75, 3.05) is 0 Å². The second-order valence-corrected chi connectivity index (χ2v) is 4.06. The number of hydrogen-bond acceptors (Lipinski definition) is 1. The molecule has 1 aliphatic rings. The summed E-state index contributed by atoms with van der Waals surface area (Å²) in [7, 11) is 0. The lowest BCUT2D eigenvalue weighted by atomic mass is 10.2. The van der Waals surface area contributed by atoms with Crippen molar-refractivity contribution >= 4 is 0 Å². The lowest BCUT2D eigenvalue weighted by Gasteiger charge is -1.96. The summed E-state index contributed by atoms with van der Waals surface area (Å²) in [5, 5.41) is 0. The fourth-order valence-corrected chi connectivity index (χ4v) is 1.53. The Morgan fingerprint density at radius 2 is 2.08 bits per heavy atom. The summed E-state index contributed by atoms with van der Waals surface area (Å²) < 4.78 is 0. The highest BCUT2D eigenvalue weighted by molar-refractivity contribution is 5.22. The van der Waals surface area contributed by atoms with Crippen LogP contribution in [0.2, 0.25) is 0 Å². The normalized spacial score (nSPS) is 17.3. The van der Waals surface area contributed by atoms with Crippen molar-refractivity contribution in [3.8, 4) is 0 Å². The highest BCUT2D eigenvalue weighted by Gasteiger charge is 2.28. The van der Waals surface area contributed by atoms with Gasteiger partial charge in [0.1, 0.15) is 5.82 Å². The van der Waals surface area contributed by atoms with Crippen molar-refractivity contribution in [1.82, 2.24) is 9.97 Å². The molecule has 66 valence electrons. The summed E-state index contributed by atoms with van der Waals surface area (Å²) >= 11 is 0. The van der Waals surface area contributed by atoms with E-state index in [9.17, 15) is 0 Å². The largest absolute Gasteiger partial charge is 0.346 e. The molecule has 0 aliphatic heterocycles.